The van der Waals surface area contributed by atoms with Gasteiger partial charge in [-0.2, -0.15) is 13.2 Å². The SMILES string of the molecule is COC(c1ccccc1F)C(C)NC(=O)N1C[C@@H](C(F)(F)F)[C@H](C(=O)O)C1. The Labute approximate surface area is 153 Å². The van der Waals surface area contributed by atoms with Crippen molar-refractivity contribution in [3.63, 3.8) is 0 Å². The van der Waals surface area contributed by atoms with E-state index < -0.39 is 61.1 Å². The lowest BCUT2D eigenvalue weighted by Crippen LogP contribution is -2.46. The van der Waals surface area contributed by atoms with E-state index in [0.29, 0.717) is 0 Å². The summed E-state index contributed by atoms with van der Waals surface area (Å²) in [6, 6.07) is 4.14. The second-order valence-electron chi connectivity index (χ2n) is 6.41. The molecule has 1 heterocycles. The van der Waals surface area contributed by atoms with Gasteiger partial charge in [-0.25, -0.2) is 9.18 Å². The molecule has 6 nitrogen and oxygen atoms in total. The van der Waals surface area contributed by atoms with Crippen LogP contribution in [0.5, 0.6) is 0 Å². The Balaban J connectivity index is 2.10. The number of urea groups is 1. The molecule has 0 radical (unpaired) electrons. The quantitative estimate of drug-likeness (QED) is 0.756. The highest BCUT2D eigenvalue weighted by Gasteiger charge is 2.53. The highest BCUT2D eigenvalue weighted by molar-refractivity contribution is 5.78. The molecule has 1 aromatic rings. The summed E-state index contributed by atoms with van der Waals surface area (Å²) >= 11 is 0. The van der Waals surface area contributed by atoms with E-state index in [1.165, 1.54) is 32.2 Å². The molecule has 27 heavy (non-hydrogen) atoms. The van der Waals surface area contributed by atoms with Crippen LogP contribution in [0.15, 0.2) is 24.3 Å². The molecule has 2 unspecified atom stereocenters. The number of carbonyl (C=O) groups excluding carboxylic acids is 1. The number of carboxylic acids is 1. The van der Waals surface area contributed by atoms with Gasteiger partial charge in [-0.15, -0.1) is 0 Å². The highest BCUT2D eigenvalue weighted by atomic mass is 19.4. The van der Waals surface area contributed by atoms with Crippen molar-refractivity contribution in [3.8, 4) is 0 Å². The Morgan fingerprint density at radius 2 is 1.93 bits per heavy atom. The fourth-order valence-electron chi connectivity index (χ4n) is 3.22. The van der Waals surface area contributed by atoms with Crippen LogP contribution in [-0.2, 0) is 9.53 Å². The zero-order valence-electron chi connectivity index (χ0n) is 14.7. The third kappa shape index (κ3) is 4.68. The van der Waals surface area contributed by atoms with Gasteiger partial charge in [0.05, 0.1) is 17.9 Å². The number of carbonyl (C=O) groups is 2. The second-order valence-corrected chi connectivity index (χ2v) is 6.41. The highest BCUT2D eigenvalue weighted by Crippen LogP contribution is 2.37. The summed E-state index contributed by atoms with van der Waals surface area (Å²) < 4.78 is 58.3. The van der Waals surface area contributed by atoms with Crippen LogP contribution in [0, 0.1) is 17.7 Å². The number of nitrogens with one attached hydrogen (secondary N) is 1. The van der Waals surface area contributed by atoms with E-state index in [-0.39, 0.29) is 5.56 Å². The molecule has 150 valence electrons. The van der Waals surface area contributed by atoms with Gasteiger partial charge < -0.3 is 20.1 Å². The molecule has 2 rings (SSSR count). The summed E-state index contributed by atoms with van der Waals surface area (Å²) in [6.45, 7) is 0.205. The molecule has 1 aliphatic heterocycles. The van der Waals surface area contributed by atoms with Crippen molar-refractivity contribution in [1.29, 1.82) is 0 Å². The van der Waals surface area contributed by atoms with E-state index in [4.69, 9.17) is 9.84 Å². The number of hydrogen-bond donors (Lipinski definition) is 2. The molecular weight excluding hydrogens is 372 g/mol. The Kier molecular flexibility index (Phi) is 6.30. The number of benzene rings is 1. The van der Waals surface area contributed by atoms with E-state index in [1.807, 2.05) is 0 Å². The molecule has 0 bridgehead atoms. The number of methoxy groups -OCH3 is 1. The topological polar surface area (TPSA) is 78.9 Å². The lowest BCUT2D eigenvalue weighted by molar-refractivity contribution is -0.187. The van der Waals surface area contributed by atoms with E-state index >= 15 is 0 Å². The first kappa shape index (κ1) is 20.9. The number of rotatable bonds is 5. The van der Waals surface area contributed by atoms with Gasteiger partial charge in [-0.1, -0.05) is 18.2 Å². The molecule has 0 aliphatic carbocycles. The summed E-state index contributed by atoms with van der Waals surface area (Å²) in [5.41, 5.74) is 0.186. The molecule has 1 aliphatic rings. The van der Waals surface area contributed by atoms with Crippen molar-refractivity contribution < 1.29 is 37.0 Å². The number of aliphatic carboxylic acids is 1. The van der Waals surface area contributed by atoms with Crippen LogP contribution in [0.3, 0.4) is 0 Å². The molecule has 2 amide bonds. The van der Waals surface area contributed by atoms with E-state index in [0.717, 1.165) is 4.90 Å². The zero-order chi connectivity index (χ0) is 20.4. The Hall–Kier alpha value is -2.36. The van der Waals surface area contributed by atoms with E-state index in [1.54, 1.807) is 6.07 Å². The first-order valence-corrected chi connectivity index (χ1v) is 8.18. The molecule has 10 heteroatoms. The fourth-order valence-corrected chi connectivity index (χ4v) is 3.22. The number of carboxylic acid groups (broad SMARTS) is 1. The number of amides is 2. The molecule has 1 fully saturated rings. The molecule has 4 atom stereocenters. The average molecular weight is 392 g/mol. The van der Waals surface area contributed by atoms with Crippen molar-refractivity contribution >= 4 is 12.0 Å². The molecule has 2 N–H and O–H groups in total. The maximum atomic E-state index is 14.0. The third-order valence-corrected chi connectivity index (χ3v) is 4.62. The van der Waals surface area contributed by atoms with Crippen molar-refractivity contribution in [2.24, 2.45) is 11.8 Å². The Morgan fingerprint density at radius 3 is 2.41 bits per heavy atom. The summed E-state index contributed by atoms with van der Waals surface area (Å²) in [5, 5.41) is 11.5. The van der Waals surface area contributed by atoms with Crippen LogP contribution >= 0.6 is 0 Å². The number of likely N-dealkylation sites (tertiary alicyclic amines) is 1. The monoisotopic (exact) mass is 392 g/mol. The van der Waals surface area contributed by atoms with Crippen LogP contribution in [0.25, 0.3) is 0 Å². The second kappa shape index (κ2) is 8.12. The van der Waals surface area contributed by atoms with Crippen molar-refractivity contribution in [2.75, 3.05) is 20.2 Å². The van der Waals surface area contributed by atoms with Crippen LogP contribution < -0.4 is 5.32 Å². The van der Waals surface area contributed by atoms with Gasteiger partial charge in [-0.05, 0) is 13.0 Å². The van der Waals surface area contributed by atoms with Crippen LogP contribution in [0.4, 0.5) is 22.4 Å². The van der Waals surface area contributed by atoms with E-state index in [9.17, 15) is 27.2 Å². The first-order valence-electron chi connectivity index (χ1n) is 8.18. The summed E-state index contributed by atoms with van der Waals surface area (Å²) in [4.78, 5) is 24.3. The minimum atomic E-state index is -4.73. The van der Waals surface area contributed by atoms with Crippen LogP contribution in [0.1, 0.15) is 18.6 Å². The lowest BCUT2D eigenvalue weighted by Gasteiger charge is -2.27. The largest absolute Gasteiger partial charge is 0.481 e. The van der Waals surface area contributed by atoms with Gasteiger partial charge in [0.25, 0.3) is 0 Å². The van der Waals surface area contributed by atoms with Gasteiger partial charge >= 0.3 is 18.2 Å². The van der Waals surface area contributed by atoms with Gasteiger partial charge in [-0.3, -0.25) is 4.79 Å². The van der Waals surface area contributed by atoms with Crippen LogP contribution in [0.2, 0.25) is 0 Å². The average Bonchev–Trinajstić information content (AvgIpc) is 3.03. The number of halogens is 4. The van der Waals surface area contributed by atoms with Crippen molar-refractivity contribution in [2.45, 2.75) is 25.2 Å². The molecule has 0 saturated carbocycles. The summed E-state index contributed by atoms with van der Waals surface area (Å²) in [6.07, 6.45) is -5.60. The normalized spacial score (nSPS) is 22.4. The summed E-state index contributed by atoms with van der Waals surface area (Å²) in [5.74, 6) is -6.02. The standard InChI is InChI=1S/C17H20F4N2O4/c1-9(14(27-2)10-5-3-4-6-13(10)18)22-16(26)23-7-11(15(24)25)12(8-23)17(19,20)21/h3-6,9,11-12,14H,7-8H2,1-2H3,(H,22,26)(H,24,25)/t9?,11-,12-,14?/m1/s1. The van der Waals surface area contributed by atoms with Crippen molar-refractivity contribution in [3.05, 3.63) is 35.6 Å². The minimum absolute atomic E-state index is 0.186. The van der Waals surface area contributed by atoms with Gasteiger partial charge in [0.15, 0.2) is 0 Å². The molecule has 1 saturated heterocycles. The molecule has 0 aromatic heterocycles. The minimum Gasteiger partial charge on any atom is -0.481 e. The van der Waals surface area contributed by atoms with Gasteiger partial charge in [0.2, 0.25) is 0 Å². The van der Waals surface area contributed by atoms with Gasteiger partial charge in [0.1, 0.15) is 11.9 Å². The van der Waals surface area contributed by atoms with E-state index in [2.05, 4.69) is 5.32 Å². The zero-order valence-corrected chi connectivity index (χ0v) is 14.7. The number of hydrogen-bond acceptors (Lipinski definition) is 3. The maximum absolute atomic E-state index is 14.0. The van der Waals surface area contributed by atoms with Gasteiger partial charge in [0, 0.05) is 25.8 Å². The third-order valence-electron chi connectivity index (χ3n) is 4.62. The van der Waals surface area contributed by atoms with Crippen LogP contribution in [-0.4, -0.2) is 54.4 Å². The number of alkyl halides is 3. The summed E-state index contributed by atoms with van der Waals surface area (Å²) in [7, 11) is 1.32. The molecule has 0 spiro atoms. The number of ether oxygens (including phenoxy) is 1. The predicted octanol–water partition coefficient (Wildman–Crippen LogP) is 2.81. The maximum Gasteiger partial charge on any atom is 0.394 e. The lowest BCUT2D eigenvalue weighted by atomic mass is 9.96. The number of nitrogens with zero attached hydrogens (tertiary/aromatic N) is 1. The van der Waals surface area contributed by atoms with Crippen molar-refractivity contribution in [1.82, 2.24) is 10.2 Å². The first-order chi connectivity index (χ1) is 12.6. The Morgan fingerprint density at radius 1 is 1.30 bits per heavy atom. The predicted molar refractivity (Wildman–Crippen MR) is 86.4 cm³/mol. The fraction of sp³-hybridized carbons (Fsp3) is 0.529. The molecule has 1 aromatic carbocycles. The molecular formula is C17H20F4N2O4. The Bertz CT molecular complexity index is 698. The smallest absolute Gasteiger partial charge is 0.394 e.